The summed E-state index contributed by atoms with van der Waals surface area (Å²) >= 11 is 0. The SMILES string of the molecule is C[C@@H](Cc1ccccc1)C(=O)N1C(=O)C(C)(C)C[C@H]1COC(c1ccccc1)(c1ccccc1)c1ccccc1. The molecule has 0 spiro atoms. The summed E-state index contributed by atoms with van der Waals surface area (Å²) in [7, 11) is 0. The van der Waals surface area contributed by atoms with Gasteiger partial charge in [-0.1, -0.05) is 142 Å². The van der Waals surface area contributed by atoms with E-state index in [4.69, 9.17) is 4.74 Å². The van der Waals surface area contributed by atoms with Crippen LogP contribution in [-0.2, 0) is 26.3 Å². The number of nitrogens with zero attached hydrogens (tertiary/aromatic N) is 1. The number of carbonyl (C=O) groups excluding carboxylic acids is 2. The lowest BCUT2D eigenvalue weighted by Crippen LogP contribution is -2.46. The highest BCUT2D eigenvalue weighted by molar-refractivity contribution is 6.00. The lowest BCUT2D eigenvalue weighted by molar-refractivity contribution is -0.151. The highest BCUT2D eigenvalue weighted by Gasteiger charge is 2.50. The lowest BCUT2D eigenvalue weighted by atomic mass is 9.80. The van der Waals surface area contributed by atoms with E-state index in [0.717, 1.165) is 22.3 Å². The van der Waals surface area contributed by atoms with E-state index in [0.29, 0.717) is 12.8 Å². The van der Waals surface area contributed by atoms with Gasteiger partial charge in [0.1, 0.15) is 5.60 Å². The molecule has 0 N–H and O–H groups in total. The molecular formula is C36H37NO3. The average molecular weight is 532 g/mol. The number of amides is 2. The van der Waals surface area contributed by atoms with Crippen LogP contribution in [-0.4, -0.2) is 29.4 Å². The van der Waals surface area contributed by atoms with Crippen molar-refractivity contribution in [3.05, 3.63) is 144 Å². The van der Waals surface area contributed by atoms with Crippen LogP contribution < -0.4 is 0 Å². The second-order valence-electron chi connectivity index (χ2n) is 11.4. The minimum absolute atomic E-state index is 0.129. The van der Waals surface area contributed by atoms with Crippen molar-refractivity contribution >= 4 is 11.8 Å². The molecule has 2 amide bonds. The Bertz CT molecular complexity index is 1320. The van der Waals surface area contributed by atoms with Crippen LogP contribution in [0, 0.1) is 11.3 Å². The van der Waals surface area contributed by atoms with Crippen LogP contribution in [0.25, 0.3) is 0 Å². The Balaban J connectivity index is 1.51. The third kappa shape index (κ3) is 5.37. The molecule has 1 fully saturated rings. The van der Waals surface area contributed by atoms with Gasteiger partial charge in [-0.05, 0) is 35.1 Å². The van der Waals surface area contributed by atoms with E-state index in [9.17, 15) is 9.59 Å². The zero-order valence-corrected chi connectivity index (χ0v) is 23.5. The minimum Gasteiger partial charge on any atom is -0.359 e. The second-order valence-corrected chi connectivity index (χ2v) is 11.4. The van der Waals surface area contributed by atoms with E-state index in [1.54, 1.807) is 0 Å². The highest BCUT2D eigenvalue weighted by atomic mass is 16.5. The van der Waals surface area contributed by atoms with Crippen molar-refractivity contribution in [3.63, 3.8) is 0 Å². The molecule has 1 aliphatic heterocycles. The molecule has 0 aliphatic carbocycles. The predicted octanol–water partition coefficient (Wildman–Crippen LogP) is 7.03. The largest absolute Gasteiger partial charge is 0.359 e. The molecule has 0 aromatic heterocycles. The number of benzene rings is 4. The van der Waals surface area contributed by atoms with Crippen molar-refractivity contribution in [2.45, 2.75) is 45.3 Å². The molecular weight excluding hydrogens is 494 g/mol. The van der Waals surface area contributed by atoms with Gasteiger partial charge in [0.15, 0.2) is 0 Å². The summed E-state index contributed by atoms with van der Waals surface area (Å²) in [6.45, 7) is 5.98. The van der Waals surface area contributed by atoms with Crippen molar-refractivity contribution in [3.8, 4) is 0 Å². The summed E-state index contributed by atoms with van der Waals surface area (Å²) in [5.74, 6) is -0.599. The monoisotopic (exact) mass is 531 g/mol. The van der Waals surface area contributed by atoms with Crippen molar-refractivity contribution in [1.29, 1.82) is 0 Å². The van der Waals surface area contributed by atoms with Crippen LogP contribution in [0.4, 0.5) is 0 Å². The van der Waals surface area contributed by atoms with E-state index in [1.165, 1.54) is 4.90 Å². The molecule has 1 heterocycles. The molecule has 0 bridgehead atoms. The van der Waals surface area contributed by atoms with Crippen LogP contribution in [0.15, 0.2) is 121 Å². The van der Waals surface area contributed by atoms with Gasteiger partial charge in [0.05, 0.1) is 12.6 Å². The van der Waals surface area contributed by atoms with Crippen molar-refractivity contribution in [2.24, 2.45) is 11.3 Å². The van der Waals surface area contributed by atoms with Crippen LogP contribution in [0.1, 0.15) is 49.4 Å². The summed E-state index contributed by atoms with van der Waals surface area (Å²) in [6.07, 6.45) is 1.13. The van der Waals surface area contributed by atoms with Gasteiger partial charge >= 0.3 is 0 Å². The molecule has 1 aliphatic rings. The third-order valence-electron chi connectivity index (χ3n) is 7.99. The molecule has 4 heteroatoms. The fourth-order valence-corrected chi connectivity index (χ4v) is 5.96. The van der Waals surface area contributed by atoms with Crippen LogP contribution >= 0.6 is 0 Å². The molecule has 204 valence electrons. The zero-order valence-electron chi connectivity index (χ0n) is 23.5. The zero-order chi connectivity index (χ0) is 28.2. The molecule has 4 nitrogen and oxygen atoms in total. The van der Waals surface area contributed by atoms with E-state index in [2.05, 4.69) is 36.4 Å². The Morgan fingerprint density at radius 1 is 0.800 bits per heavy atom. The van der Waals surface area contributed by atoms with Gasteiger partial charge in [0.25, 0.3) is 0 Å². The van der Waals surface area contributed by atoms with Gasteiger partial charge in [-0.15, -0.1) is 0 Å². The molecule has 0 saturated carbocycles. The summed E-state index contributed by atoms with van der Waals surface area (Å²) in [4.78, 5) is 29.0. The molecule has 1 saturated heterocycles. The van der Waals surface area contributed by atoms with E-state index in [-0.39, 0.29) is 30.4 Å². The normalized spacial score (nSPS) is 17.5. The maximum Gasteiger partial charge on any atom is 0.235 e. The van der Waals surface area contributed by atoms with Crippen molar-refractivity contribution in [2.75, 3.05) is 6.61 Å². The minimum atomic E-state index is -0.913. The number of rotatable bonds is 9. The Labute approximate surface area is 237 Å². The van der Waals surface area contributed by atoms with E-state index in [1.807, 2.05) is 106 Å². The van der Waals surface area contributed by atoms with Gasteiger partial charge in [-0.3, -0.25) is 14.5 Å². The average Bonchev–Trinajstić information content (AvgIpc) is 3.22. The summed E-state index contributed by atoms with van der Waals surface area (Å²) < 4.78 is 7.05. The van der Waals surface area contributed by atoms with Gasteiger partial charge in [-0.25, -0.2) is 0 Å². The quantitative estimate of drug-likeness (QED) is 0.218. The third-order valence-corrected chi connectivity index (χ3v) is 7.99. The van der Waals surface area contributed by atoms with Gasteiger partial charge in [-0.2, -0.15) is 0 Å². The number of carbonyl (C=O) groups is 2. The first kappa shape index (κ1) is 27.5. The Kier molecular flexibility index (Phi) is 7.99. The van der Waals surface area contributed by atoms with Gasteiger partial charge < -0.3 is 4.74 Å². The van der Waals surface area contributed by atoms with Gasteiger partial charge in [0.2, 0.25) is 11.8 Å². The van der Waals surface area contributed by atoms with Crippen LogP contribution in [0.5, 0.6) is 0 Å². The summed E-state index contributed by atoms with van der Waals surface area (Å²) in [6, 6.07) is 40.1. The van der Waals surface area contributed by atoms with Crippen LogP contribution in [0.3, 0.4) is 0 Å². The standard InChI is InChI=1S/C36H37NO3/c1-27(24-28-16-8-4-9-17-28)33(38)37-32(25-35(2,3)34(37)39)26-40-36(29-18-10-5-11-19-29,30-20-12-6-13-21-30)31-22-14-7-15-23-31/h4-23,27,32H,24-26H2,1-3H3/t27-,32-/m0/s1. The number of hydrogen-bond donors (Lipinski definition) is 0. The number of likely N-dealkylation sites (tertiary alicyclic amines) is 1. The molecule has 0 unspecified atom stereocenters. The fourth-order valence-electron chi connectivity index (χ4n) is 5.96. The lowest BCUT2D eigenvalue weighted by Gasteiger charge is -2.37. The summed E-state index contributed by atoms with van der Waals surface area (Å²) in [5.41, 5.74) is 2.50. The molecule has 5 rings (SSSR count). The maximum absolute atomic E-state index is 13.8. The first-order valence-corrected chi connectivity index (χ1v) is 14.0. The highest BCUT2D eigenvalue weighted by Crippen LogP contribution is 2.43. The van der Waals surface area contributed by atoms with Crippen molar-refractivity contribution in [1.82, 2.24) is 4.90 Å². The van der Waals surface area contributed by atoms with Crippen LogP contribution in [0.2, 0.25) is 0 Å². The van der Waals surface area contributed by atoms with E-state index >= 15 is 0 Å². The topological polar surface area (TPSA) is 46.6 Å². The number of imide groups is 1. The molecule has 4 aromatic rings. The van der Waals surface area contributed by atoms with Crippen molar-refractivity contribution < 1.29 is 14.3 Å². The number of hydrogen-bond acceptors (Lipinski definition) is 3. The summed E-state index contributed by atoms with van der Waals surface area (Å²) in [5, 5.41) is 0. The molecule has 2 atom stereocenters. The maximum atomic E-state index is 13.8. The fraction of sp³-hybridized carbons (Fsp3) is 0.278. The molecule has 0 radical (unpaired) electrons. The van der Waals surface area contributed by atoms with Gasteiger partial charge in [0, 0.05) is 11.3 Å². The Hall–Kier alpha value is -4.02. The smallest absolute Gasteiger partial charge is 0.235 e. The Morgan fingerprint density at radius 3 is 1.68 bits per heavy atom. The molecule has 40 heavy (non-hydrogen) atoms. The number of ether oxygens (including phenoxy) is 1. The predicted molar refractivity (Wildman–Crippen MR) is 159 cm³/mol. The molecule has 4 aromatic carbocycles. The second kappa shape index (κ2) is 11.6. The first-order chi connectivity index (χ1) is 19.3. The Morgan fingerprint density at radius 2 is 1.23 bits per heavy atom. The first-order valence-electron chi connectivity index (χ1n) is 14.0. The van der Waals surface area contributed by atoms with E-state index < -0.39 is 11.0 Å².